The zero-order valence-electron chi connectivity index (χ0n) is 24.8. The summed E-state index contributed by atoms with van der Waals surface area (Å²) in [6.07, 6.45) is 10.3. The fraction of sp³-hybridized carbons (Fsp3) is 0.452. The molecule has 1 amide bonds. The van der Waals surface area contributed by atoms with Crippen molar-refractivity contribution in [3.05, 3.63) is 55.3 Å². The van der Waals surface area contributed by atoms with Crippen molar-refractivity contribution < 1.29 is 18.3 Å². The number of aromatic nitrogens is 5. The molecule has 0 bridgehead atoms. The third kappa shape index (κ3) is 6.58. The summed E-state index contributed by atoms with van der Waals surface area (Å²) in [7, 11) is 3.13. The van der Waals surface area contributed by atoms with Crippen molar-refractivity contribution in [2.24, 2.45) is 5.92 Å². The molecule has 0 spiro atoms. The van der Waals surface area contributed by atoms with E-state index in [-0.39, 0.29) is 23.1 Å². The van der Waals surface area contributed by atoms with E-state index in [1.807, 2.05) is 4.90 Å². The maximum Gasteiger partial charge on any atom is 0.318 e. The van der Waals surface area contributed by atoms with Crippen LogP contribution >= 0.6 is 0 Å². The predicted molar refractivity (Wildman–Crippen MR) is 162 cm³/mol. The molecule has 228 valence electrons. The monoisotopic (exact) mass is 592 g/mol. The highest BCUT2D eigenvalue weighted by molar-refractivity contribution is 5.93. The van der Waals surface area contributed by atoms with Crippen LogP contribution in [-0.2, 0) is 4.79 Å². The van der Waals surface area contributed by atoms with Gasteiger partial charge in [-0.2, -0.15) is 15.1 Å². The number of rotatable bonds is 4. The van der Waals surface area contributed by atoms with Crippen LogP contribution < -0.4 is 10.1 Å². The summed E-state index contributed by atoms with van der Waals surface area (Å²) in [4.78, 5) is 27.7. The number of carbonyl (C=O) groups is 1. The van der Waals surface area contributed by atoms with Crippen LogP contribution in [0.2, 0.25) is 0 Å². The van der Waals surface area contributed by atoms with Crippen molar-refractivity contribution in [3.63, 3.8) is 0 Å². The fourth-order valence-electron chi connectivity index (χ4n) is 5.95. The van der Waals surface area contributed by atoms with E-state index in [4.69, 9.17) is 4.74 Å². The van der Waals surface area contributed by atoms with Gasteiger partial charge in [0.15, 0.2) is 5.82 Å². The zero-order valence-corrected chi connectivity index (χ0v) is 24.8. The maximum absolute atomic E-state index is 15.2. The molecule has 4 aromatic rings. The second kappa shape index (κ2) is 13.4. The molecule has 4 aromatic heterocycles. The zero-order chi connectivity index (χ0) is 30.5. The lowest BCUT2D eigenvalue weighted by Crippen LogP contribution is -2.26. The van der Waals surface area contributed by atoms with Gasteiger partial charge >= 0.3 is 6.01 Å². The molecular weight excluding hydrogens is 554 g/mol. The number of amides is 1. The number of halogens is 2. The molecule has 1 N–H and O–H groups in total. The van der Waals surface area contributed by atoms with Crippen molar-refractivity contribution in [2.45, 2.75) is 44.8 Å². The molecule has 3 fully saturated rings. The quantitative estimate of drug-likeness (QED) is 0.339. The van der Waals surface area contributed by atoms with Gasteiger partial charge in [0.25, 0.3) is 0 Å². The minimum atomic E-state index is -0.529. The fourth-order valence-corrected chi connectivity index (χ4v) is 5.95. The largest absolute Gasteiger partial charge is 0.467 e. The number of fused-ring (bicyclic) bond motifs is 3. The molecule has 7 heterocycles. The Hall–Kier alpha value is -4.19. The molecule has 3 aliphatic heterocycles. The first-order valence-corrected chi connectivity index (χ1v) is 14.6. The Kier molecular flexibility index (Phi) is 9.44. The average molecular weight is 593 g/mol. The number of carbonyl (C=O) groups excluding carboxylic acids is 1. The molecule has 3 aliphatic rings. The van der Waals surface area contributed by atoms with Gasteiger partial charge < -0.3 is 15.0 Å². The maximum atomic E-state index is 15.2. The smallest absolute Gasteiger partial charge is 0.318 e. The summed E-state index contributed by atoms with van der Waals surface area (Å²) in [6, 6.07) is 6.09. The molecule has 12 heteroatoms. The number of nitrogens with zero attached hydrogens (tertiary/aromatic N) is 7. The van der Waals surface area contributed by atoms with E-state index in [9.17, 15) is 9.18 Å². The van der Waals surface area contributed by atoms with Gasteiger partial charge in [0.05, 0.1) is 24.2 Å². The van der Waals surface area contributed by atoms with Crippen LogP contribution in [0.5, 0.6) is 6.01 Å². The number of hydrogen-bond acceptors (Lipinski definition) is 8. The predicted octanol–water partition coefficient (Wildman–Crippen LogP) is 4.76. The summed E-state index contributed by atoms with van der Waals surface area (Å²) in [5.74, 6) is 0.671. The van der Waals surface area contributed by atoms with Crippen molar-refractivity contribution >= 4 is 28.1 Å². The van der Waals surface area contributed by atoms with Gasteiger partial charge in [-0.05, 0) is 62.4 Å². The SMILES string of the molecule is C=CC(=O)N1CCC(C)C1.CNc1nc(OC)nc2c(F)c(-c3cccn4nccc34)ncc12.FC1CC2CCCN2C1. The van der Waals surface area contributed by atoms with Crippen LogP contribution in [0.3, 0.4) is 0 Å². The van der Waals surface area contributed by atoms with Crippen LogP contribution in [0.1, 0.15) is 32.6 Å². The lowest BCUT2D eigenvalue weighted by atomic mass is 10.1. The number of likely N-dealkylation sites (tertiary alicyclic amines) is 1. The second-order valence-electron chi connectivity index (χ2n) is 11.1. The van der Waals surface area contributed by atoms with E-state index < -0.39 is 12.0 Å². The van der Waals surface area contributed by atoms with Crippen LogP contribution in [0.4, 0.5) is 14.6 Å². The molecule has 10 nitrogen and oxygen atoms in total. The van der Waals surface area contributed by atoms with E-state index in [2.05, 4.69) is 43.8 Å². The minimum Gasteiger partial charge on any atom is -0.467 e. The number of hydrogen-bond donors (Lipinski definition) is 1. The molecular formula is C31H38F2N8O2. The highest BCUT2D eigenvalue weighted by Gasteiger charge is 2.34. The third-order valence-corrected chi connectivity index (χ3v) is 8.14. The molecule has 3 atom stereocenters. The third-order valence-electron chi connectivity index (χ3n) is 8.14. The van der Waals surface area contributed by atoms with Gasteiger partial charge in [0.2, 0.25) is 5.91 Å². The van der Waals surface area contributed by atoms with E-state index in [0.29, 0.717) is 35.3 Å². The molecule has 0 saturated carbocycles. The van der Waals surface area contributed by atoms with Crippen LogP contribution in [0.15, 0.2) is 49.4 Å². The summed E-state index contributed by atoms with van der Waals surface area (Å²) in [5, 5.41) is 7.55. The standard InChI is InChI=1S/C16H13FN6O.C8H13NO.C7H12FN/c1-18-15-10-8-19-13(12(17)14(10)21-16(22-15)24-2)9-4-3-7-23-11(9)5-6-20-23;1-3-8(10)9-5-4-7(2)6-9;8-6-4-7-2-1-3-9(7)5-6/h3-8H,1-2H3,(H,18,21,22);3,7H,1,4-6H2,2H3;6-7H,1-5H2. The lowest BCUT2D eigenvalue weighted by molar-refractivity contribution is -0.125. The Morgan fingerprint density at radius 2 is 2.05 bits per heavy atom. The minimum absolute atomic E-state index is 0.0735. The van der Waals surface area contributed by atoms with Gasteiger partial charge in [-0.15, -0.1) is 0 Å². The second-order valence-corrected chi connectivity index (χ2v) is 11.1. The first-order valence-electron chi connectivity index (χ1n) is 14.6. The number of ether oxygens (including phenoxy) is 1. The van der Waals surface area contributed by atoms with E-state index in [1.54, 1.807) is 48.4 Å². The van der Waals surface area contributed by atoms with Crippen LogP contribution in [-0.4, -0.2) is 92.8 Å². The lowest BCUT2D eigenvalue weighted by Gasteiger charge is -2.11. The van der Waals surface area contributed by atoms with Crippen molar-refractivity contribution in [3.8, 4) is 17.3 Å². The molecule has 3 saturated heterocycles. The van der Waals surface area contributed by atoms with Crippen molar-refractivity contribution in [1.82, 2.24) is 34.4 Å². The number of anilines is 1. The average Bonchev–Trinajstić information content (AvgIpc) is 3.82. The van der Waals surface area contributed by atoms with E-state index in [1.165, 1.54) is 26.0 Å². The van der Waals surface area contributed by atoms with Crippen LogP contribution in [0.25, 0.3) is 27.7 Å². The van der Waals surface area contributed by atoms with Gasteiger partial charge in [-0.3, -0.25) is 14.7 Å². The topological polar surface area (TPSA) is 101 Å². The van der Waals surface area contributed by atoms with Gasteiger partial charge in [-0.25, -0.2) is 13.3 Å². The Morgan fingerprint density at radius 1 is 1.21 bits per heavy atom. The van der Waals surface area contributed by atoms with Gasteiger partial charge in [0, 0.05) is 50.7 Å². The molecule has 0 radical (unpaired) electrons. The number of pyridine rings is 2. The highest BCUT2D eigenvalue weighted by Crippen LogP contribution is 2.32. The summed E-state index contributed by atoms with van der Waals surface area (Å²) in [5.41, 5.74) is 1.75. The number of alkyl halides is 1. The Labute approximate surface area is 249 Å². The number of nitrogens with one attached hydrogen (secondary N) is 1. The normalized spacial score (nSPS) is 21.1. The van der Waals surface area contributed by atoms with Crippen LogP contribution in [0, 0.1) is 11.7 Å². The van der Waals surface area contributed by atoms with Gasteiger partial charge in [0.1, 0.15) is 23.2 Å². The molecule has 43 heavy (non-hydrogen) atoms. The number of methoxy groups -OCH3 is 1. The summed E-state index contributed by atoms with van der Waals surface area (Å²) >= 11 is 0. The van der Waals surface area contributed by atoms with Gasteiger partial charge in [-0.1, -0.05) is 13.5 Å². The van der Waals surface area contributed by atoms with E-state index in [0.717, 1.165) is 38.0 Å². The first kappa shape index (κ1) is 30.3. The highest BCUT2D eigenvalue weighted by atomic mass is 19.1. The van der Waals surface area contributed by atoms with Crippen molar-refractivity contribution in [2.75, 3.05) is 45.7 Å². The molecule has 0 aromatic carbocycles. The molecule has 0 aliphatic carbocycles. The molecule has 7 rings (SSSR count). The Bertz CT molecular complexity index is 1580. The summed E-state index contributed by atoms with van der Waals surface area (Å²) < 4.78 is 34.5. The summed E-state index contributed by atoms with van der Waals surface area (Å²) in [6.45, 7) is 9.28. The Morgan fingerprint density at radius 3 is 2.74 bits per heavy atom. The van der Waals surface area contributed by atoms with E-state index >= 15 is 4.39 Å². The van der Waals surface area contributed by atoms with Crippen molar-refractivity contribution in [1.29, 1.82) is 0 Å². The first-order chi connectivity index (χ1) is 20.8. The molecule has 3 unspecified atom stereocenters. The Balaban J connectivity index is 0.000000158.